The van der Waals surface area contributed by atoms with Crippen LogP contribution in [0.25, 0.3) is 0 Å². The van der Waals surface area contributed by atoms with E-state index in [0.717, 1.165) is 5.56 Å². The van der Waals surface area contributed by atoms with E-state index in [1.165, 1.54) is 0 Å². The smallest absolute Gasteiger partial charge is 0.0814 e. The van der Waals surface area contributed by atoms with E-state index in [0.29, 0.717) is 11.4 Å². The van der Waals surface area contributed by atoms with Gasteiger partial charge in [0.1, 0.15) is 0 Å². The molecule has 0 heterocycles. The number of thiol groups is 2. The Morgan fingerprint density at radius 2 is 1.58 bits per heavy atom. The van der Waals surface area contributed by atoms with Crippen LogP contribution in [0.5, 0.6) is 0 Å². The first-order chi connectivity index (χ1) is 5.43. The van der Waals surface area contributed by atoms with Crippen molar-refractivity contribution >= 4 is 36.6 Å². The van der Waals surface area contributed by atoms with Crippen molar-refractivity contribution in [3.05, 3.63) is 23.8 Å². The van der Waals surface area contributed by atoms with Gasteiger partial charge in [0.15, 0.2) is 0 Å². The number of benzene rings is 1. The number of hydrogen-bond donors (Lipinski definition) is 4. The summed E-state index contributed by atoms with van der Waals surface area (Å²) >= 11 is 8.58. The van der Waals surface area contributed by atoms with E-state index in [1.54, 1.807) is 12.1 Å². The third kappa shape index (κ3) is 1.81. The van der Waals surface area contributed by atoms with Crippen LogP contribution in [-0.2, 0) is 4.08 Å². The molecule has 0 aliphatic rings. The predicted octanol–water partition coefficient (Wildman–Crippen LogP) is 1.88. The molecule has 2 nitrogen and oxygen atoms in total. The Labute approximate surface area is 83.2 Å². The number of nitrogens with two attached hydrogens (primary N) is 2. The van der Waals surface area contributed by atoms with E-state index in [4.69, 9.17) is 11.5 Å². The van der Waals surface area contributed by atoms with E-state index in [1.807, 2.05) is 13.0 Å². The van der Waals surface area contributed by atoms with Gasteiger partial charge in [-0.3, -0.25) is 0 Å². The average Bonchev–Trinajstić information content (AvgIpc) is 1.82. The summed E-state index contributed by atoms with van der Waals surface area (Å²) in [4.78, 5) is 0. The fourth-order valence-corrected chi connectivity index (χ4v) is 1.65. The minimum atomic E-state index is -0.588. The molecule has 1 aromatic rings. The van der Waals surface area contributed by atoms with Gasteiger partial charge in [-0.1, -0.05) is 6.07 Å². The topological polar surface area (TPSA) is 52.0 Å². The fraction of sp³-hybridized carbons (Fsp3) is 0.250. The number of hydrogen-bond acceptors (Lipinski definition) is 4. The van der Waals surface area contributed by atoms with Crippen molar-refractivity contribution in [1.29, 1.82) is 0 Å². The van der Waals surface area contributed by atoms with Crippen molar-refractivity contribution in [3.63, 3.8) is 0 Å². The summed E-state index contributed by atoms with van der Waals surface area (Å²) in [5.41, 5.74) is 13.5. The molecule has 0 fully saturated rings. The molecule has 0 bridgehead atoms. The van der Waals surface area contributed by atoms with Gasteiger partial charge in [-0.2, -0.15) is 25.3 Å². The molecule has 0 saturated heterocycles. The SMILES string of the molecule is CC(S)(S)c1c(N)cccc1N. The first kappa shape index (κ1) is 9.61. The van der Waals surface area contributed by atoms with Gasteiger partial charge in [-0.15, -0.1) is 0 Å². The Hall–Kier alpha value is -0.480. The lowest BCUT2D eigenvalue weighted by molar-refractivity contribution is 1.04. The summed E-state index contributed by atoms with van der Waals surface area (Å²) in [5, 5.41) is 0. The molecule has 4 N–H and O–H groups in total. The van der Waals surface area contributed by atoms with Gasteiger partial charge in [-0.25, -0.2) is 0 Å². The lowest BCUT2D eigenvalue weighted by atomic mass is 10.1. The molecule has 66 valence electrons. The summed E-state index contributed by atoms with van der Waals surface area (Å²) in [6.07, 6.45) is 0. The highest BCUT2D eigenvalue weighted by Crippen LogP contribution is 2.39. The standard InChI is InChI=1S/C8H12N2S2/c1-8(11,12)7-5(9)3-2-4-6(7)10/h2-4,11-12H,9-10H2,1H3. The van der Waals surface area contributed by atoms with Gasteiger partial charge in [0.25, 0.3) is 0 Å². The molecule has 0 spiro atoms. The van der Waals surface area contributed by atoms with Crippen LogP contribution in [0.15, 0.2) is 18.2 Å². The Bertz CT molecular complexity index is 271. The zero-order valence-corrected chi connectivity index (χ0v) is 8.57. The van der Waals surface area contributed by atoms with Crippen LogP contribution in [0.4, 0.5) is 11.4 Å². The molecule has 1 aromatic carbocycles. The monoisotopic (exact) mass is 200 g/mol. The highest BCUT2D eigenvalue weighted by Gasteiger charge is 2.21. The largest absolute Gasteiger partial charge is 0.398 e. The van der Waals surface area contributed by atoms with Crippen LogP contribution < -0.4 is 11.5 Å². The van der Waals surface area contributed by atoms with Gasteiger partial charge >= 0.3 is 0 Å². The fourth-order valence-electron chi connectivity index (χ4n) is 1.14. The Balaban J connectivity index is 3.31. The van der Waals surface area contributed by atoms with E-state index in [-0.39, 0.29) is 0 Å². The third-order valence-electron chi connectivity index (χ3n) is 1.60. The van der Waals surface area contributed by atoms with Crippen LogP contribution in [0.2, 0.25) is 0 Å². The summed E-state index contributed by atoms with van der Waals surface area (Å²) < 4.78 is -0.588. The number of anilines is 2. The maximum atomic E-state index is 5.73. The van der Waals surface area contributed by atoms with E-state index < -0.39 is 4.08 Å². The minimum absolute atomic E-state index is 0.588. The second-order valence-corrected chi connectivity index (χ2v) is 4.97. The first-order valence-corrected chi connectivity index (χ1v) is 4.41. The zero-order chi connectivity index (χ0) is 9.35. The van der Waals surface area contributed by atoms with Gasteiger partial charge < -0.3 is 11.5 Å². The van der Waals surface area contributed by atoms with Crippen molar-refractivity contribution < 1.29 is 0 Å². The third-order valence-corrected chi connectivity index (χ3v) is 2.05. The van der Waals surface area contributed by atoms with Crippen LogP contribution in [0.1, 0.15) is 12.5 Å². The van der Waals surface area contributed by atoms with Crippen LogP contribution in [0, 0.1) is 0 Å². The molecule has 0 unspecified atom stereocenters. The highest BCUT2D eigenvalue weighted by molar-refractivity contribution is 7.99. The maximum absolute atomic E-state index is 5.73. The predicted molar refractivity (Wildman–Crippen MR) is 60.6 cm³/mol. The minimum Gasteiger partial charge on any atom is -0.398 e. The molecule has 0 saturated carbocycles. The molecular weight excluding hydrogens is 188 g/mol. The van der Waals surface area contributed by atoms with Crippen molar-refractivity contribution in [2.45, 2.75) is 11.0 Å². The number of rotatable bonds is 1. The Kier molecular flexibility index (Phi) is 2.49. The second-order valence-electron chi connectivity index (χ2n) is 2.83. The molecule has 0 amide bonds. The van der Waals surface area contributed by atoms with Crippen molar-refractivity contribution in [2.24, 2.45) is 0 Å². The Morgan fingerprint density at radius 3 is 1.83 bits per heavy atom. The van der Waals surface area contributed by atoms with Gasteiger partial charge in [0, 0.05) is 16.9 Å². The summed E-state index contributed by atoms with van der Waals surface area (Å²) in [6.45, 7) is 1.83. The van der Waals surface area contributed by atoms with E-state index in [2.05, 4.69) is 25.3 Å². The van der Waals surface area contributed by atoms with Crippen LogP contribution in [0.3, 0.4) is 0 Å². The first-order valence-electron chi connectivity index (χ1n) is 3.52. The summed E-state index contributed by atoms with van der Waals surface area (Å²) in [7, 11) is 0. The molecule has 0 aliphatic carbocycles. The van der Waals surface area contributed by atoms with Gasteiger partial charge in [0.05, 0.1) is 4.08 Å². The molecule has 12 heavy (non-hydrogen) atoms. The quantitative estimate of drug-likeness (QED) is 0.318. The highest BCUT2D eigenvalue weighted by atomic mass is 32.2. The lowest BCUT2D eigenvalue weighted by Gasteiger charge is -2.21. The summed E-state index contributed by atoms with van der Waals surface area (Å²) in [5.74, 6) is 0. The van der Waals surface area contributed by atoms with Crippen molar-refractivity contribution in [3.8, 4) is 0 Å². The van der Waals surface area contributed by atoms with Crippen LogP contribution >= 0.6 is 25.3 Å². The molecular formula is C8H12N2S2. The normalized spacial score (nSPS) is 11.6. The van der Waals surface area contributed by atoms with Crippen molar-refractivity contribution in [2.75, 3.05) is 11.5 Å². The maximum Gasteiger partial charge on any atom is 0.0814 e. The molecule has 0 aliphatic heterocycles. The molecule has 0 radical (unpaired) electrons. The van der Waals surface area contributed by atoms with E-state index in [9.17, 15) is 0 Å². The molecule has 0 atom stereocenters. The average molecular weight is 200 g/mol. The zero-order valence-electron chi connectivity index (χ0n) is 6.78. The second kappa shape index (κ2) is 3.11. The van der Waals surface area contributed by atoms with Gasteiger partial charge in [0.2, 0.25) is 0 Å². The van der Waals surface area contributed by atoms with Crippen molar-refractivity contribution in [1.82, 2.24) is 0 Å². The van der Waals surface area contributed by atoms with Crippen LogP contribution in [-0.4, -0.2) is 0 Å². The van der Waals surface area contributed by atoms with E-state index >= 15 is 0 Å². The molecule has 1 rings (SSSR count). The van der Waals surface area contributed by atoms with Gasteiger partial charge in [-0.05, 0) is 19.1 Å². The Morgan fingerprint density at radius 1 is 1.17 bits per heavy atom. The molecule has 0 aromatic heterocycles. The summed E-state index contributed by atoms with van der Waals surface area (Å²) in [6, 6.07) is 5.38. The lowest BCUT2D eigenvalue weighted by Crippen LogP contribution is -2.11. The number of nitrogen functional groups attached to an aromatic ring is 2. The molecule has 4 heteroatoms.